The van der Waals surface area contributed by atoms with Crippen molar-refractivity contribution < 1.29 is 4.74 Å². The number of fused-ring (bicyclic) bond motifs is 2. The van der Waals surface area contributed by atoms with Crippen molar-refractivity contribution in [2.75, 3.05) is 26.0 Å². The van der Waals surface area contributed by atoms with E-state index in [4.69, 9.17) is 15.6 Å². The zero-order chi connectivity index (χ0) is 19.8. The fraction of sp³-hybridized carbons (Fsp3) is 0.300. The van der Waals surface area contributed by atoms with Gasteiger partial charge in [0.25, 0.3) is 0 Å². The molecule has 10 heteroatoms. The van der Waals surface area contributed by atoms with Gasteiger partial charge in [-0.15, -0.1) is 12.4 Å². The molecule has 4 N–H and O–H groups in total. The number of nitrogens with one attached hydrogen (secondary N) is 2. The van der Waals surface area contributed by atoms with E-state index in [1.807, 2.05) is 22.9 Å². The molecular weight excluding hydrogens is 404 g/mol. The highest BCUT2D eigenvalue weighted by atomic mass is 35.5. The number of hydrogen-bond donors (Lipinski definition) is 3. The normalized spacial score (nSPS) is 18.3. The van der Waals surface area contributed by atoms with Gasteiger partial charge in [-0.1, -0.05) is 5.92 Å². The van der Waals surface area contributed by atoms with Crippen LogP contribution in [-0.2, 0) is 4.74 Å². The molecule has 0 spiro atoms. The van der Waals surface area contributed by atoms with Crippen LogP contribution in [0.5, 0.6) is 0 Å². The number of hydrogen-bond acceptors (Lipinski definition) is 7. The zero-order valence-electron chi connectivity index (χ0n) is 16.3. The van der Waals surface area contributed by atoms with E-state index < -0.39 is 0 Å². The first kappa shape index (κ1) is 20.1. The maximum absolute atomic E-state index is 6.15. The minimum atomic E-state index is 0. The number of methoxy groups -OCH3 is 1. The average Bonchev–Trinajstić information content (AvgIpc) is 3.45. The van der Waals surface area contributed by atoms with Gasteiger partial charge in [-0.25, -0.2) is 19.6 Å². The highest BCUT2D eigenvalue weighted by Crippen LogP contribution is 2.27. The maximum Gasteiger partial charge on any atom is 0.164 e. The van der Waals surface area contributed by atoms with E-state index in [2.05, 4.69) is 37.1 Å². The minimum absolute atomic E-state index is 0. The van der Waals surface area contributed by atoms with Crippen LogP contribution in [0.3, 0.4) is 0 Å². The first-order valence-electron chi connectivity index (χ1n) is 9.39. The number of halogens is 1. The first-order valence-corrected chi connectivity index (χ1v) is 9.39. The van der Waals surface area contributed by atoms with Crippen LogP contribution < -0.4 is 11.1 Å². The summed E-state index contributed by atoms with van der Waals surface area (Å²) in [6, 6.07) is 6.28. The summed E-state index contributed by atoms with van der Waals surface area (Å²) in [4.78, 5) is 15.9. The van der Waals surface area contributed by atoms with Gasteiger partial charge in [0, 0.05) is 25.3 Å². The quantitative estimate of drug-likeness (QED) is 0.428. The third kappa shape index (κ3) is 3.57. The average molecular weight is 425 g/mol. The lowest BCUT2D eigenvalue weighted by Gasteiger charge is -2.10. The first-order chi connectivity index (χ1) is 14.2. The number of H-pyrrole nitrogens is 1. The molecule has 1 fully saturated rings. The summed E-state index contributed by atoms with van der Waals surface area (Å²) in [5.74, 6) is 6.72. The molecule has 4 aromatic rings. The molecule has 5 rings (SSSR count). The van der Waals surface area contributed by atoms with Gasteiger partial charge in [-0.2, -0.15) is 5.10 Å². The van der Waals surface area contributed by atoms with E-state index in [1.165, 1.54) is 6.33 Å². The van der Waals surface area contributed by atoms with Crippen LogP contribution >= 0.6 is 12.4 Å². The van der Waals surface area contributed by atoms with Crippen molar-refractivity contribution >= 4 is 40.3 Å². The van der Waals surface area contributed by atoms with Gasteiger partial charge in [0.05, 0.1) is 35.4 Å². The van der Waals surface area contributed by atoms with Crippen molar-refractivity contribution in [3.05, 3.63) is 42.1 Å². The molecule has 1 saturated heterocycles. The number of nitrogens with two attached hydrogens (primary N) is 1. The predicted molar refractivity (Wildman–Crippen MR) is 116 cm³/mol. The van der Waals surface area contributed by atoms with Crippen molar-refractivity contribution in [2.45, 2.75) is 18.5 Å². The van der Waals surface area contributed by atoms with Crippen LogP contribution in [-0.4, -0.2) is 56.0 Å². The molecule has 3 aromatic heterocycles. The predicted octanol–water partition coefficient (Wildman–Crippen LogP) is 1.66. The standard InChI is InChI=1S/C20H20N8O.ClH/c1-29-9-13-7-14(8-22-13)28-20-18(19(21)25-11-26-20)16(27-28)5-3-12-2-4-15-17(6-12)24-10-23-15;/h2,4,6,10-11,13-14,22H,7-9H2,1H3,(H,23,24)(H2,21,25,26);1H/t13-,14+;/m1./s1. The Labute approximate surface area is 178 Å². The van der Waals surface area contributed by atoms with E-state index in [0.717, 1.165) is 29.6 Å². The monoisotopic (exact) mass is 424 g/mol. The van der Waals surface area contributed by atoms with Gasteiger partial charge in [0.1, 0.15) is 17.8 Å². The molecule has 0 amide bonds. The molecule has 30 heavy (non-hydrogen) atoms. The van der Waals surface area contributed by atoms with Gasteiger partial charge in [0.15, 0.2) is 5.65 Å². The summed E-state index contributed by atoms with van der Waals surface area (Å²) in [5, 5.41) is 8.91. The molecule has 0 bridgehead atoms. The van der Waals surface area contributed by atoms with Crippen molar-refractivity contribution in [1.29, 1.82) is 0 Å². The van der Waals surface area contributed by atoms with Gasteiger partial charge >= 0.3 is 0 Å². The molecule has 9 nitrogen and oxygen atoms in total. The largest absolute Gasteiger partial charge is 0.383 e. The van der Waals surface area contributed by atoms with Crippen molar-refractivity contribution in [3.8, 4) is 11.8 Å². The Morgan fingerprint density at radius 2 is 2.17 bits per heavy atom. The summed E-state index contributed by atoms with van der Waals surface area (Å²) in [5.41, 5.74) is 10.1. The highest BCUT2D eigenvalue weighted by molar-refractivity contribution is 5.90. The lowest BCUT2D eigenvalue weighted by atomic mass is 10.2. The smallest absolute Gasteiger partial charge is 0.164 e. The van der Waals surface area contributed by atoms with Crippen LogP contribution in [0.15, 0.2) is 30.9 Å². The molecule has 0 aliphatic carbocycles. The SMILES string of the molecule is COC[C@H]1C[C@H](n2nc(C#Cc3ccc4nc[nH]c4c3)c3c(N)ncnc32)CN1.Cl. The third-order valence-corrected chi connectivity index (χ3v) is 5.18. The Balaban J connectivity index is 0.00000218. The summed E-state index contributed by atoms with van der Waals surface area (Å²) in [7, 11) is 1.71. The van der Waals surface area contributed by atoms with E-state index in [0.29, 0.717) is 35.2 Å². The molecule has 4 heterocycles. The number of rotatable bonds is 3. The molecule has 1 aliphatic heterocycles. The Hall–Kier alpha value is -3.19. The van der Waals surface area contributed by atoms with E-state index in [1.54, 1.807) is 13.4 Å². The van der Waals surface area contributed by atoms with Crippen molar-refractivity contribution in [3.63, 3.8) is 0 Å². The van der Waals surface area contributed by atoms with Gasteiger partial charge in [0.2, 0.25) is 0 Å². The van der Waals surface area contributed by atoms with Crippen LogP contribution in [0.1, 0.15) is 23.7 Å². The van der Waals surface area contributed by atoms with Crippen LogP contribution in [0.25, 0.3) is 22.1 Å². The summed E-state index contributed by atoms with van der Waals surface area (Å²) in [6.07, 6.45) is 4.04. The minimum Gasteiger partial charge on any atom is -0.383 e. The van der Waals surface area contributed by atoms with E-state index in [-0.39, 0.29) is 18.4 Å². The number of anilines is 1. The van der Waals surface area contributed by atoms with Gasteiger partial charge in [-0.05, 0) is 30.5 Å². The fourth-order valence-corrected chi connectivity index (χ4v) is 3.79. The zero-order valence-corrected chi connectivity index (χ0v) is 17.1. The van der Waals surface area contributed by atoms with E-state index >= 15 is 0 Å². The third-order valence-electron chi connectivity index (χ3n) is 5.18. The number of nitrogen functional groups attached to an aromatic ring is 1. The van der Waals surface area contributed by atoms with Crippen LogP contribution in [0.4, 0.5) is 5.82 Å². The Bertz CT molecular complexity index is 1250. The fourth-order valence-electron chi connectivity index (χ4n) is 3.79. The summed E-state index contributed by atoms with van der Waals surface area (Å²) in [6.45, 7) is 1.45. The summed E-state index contributed by atoms with van der Waals surface area (Å²) < 4.78 is 7.18. The molecule has 1 aromatic carbocycles. The lowest BCUT2D eigenvalue weighted by molar-refractivity contribution is 0.172. The second kappa shape index (κ2) is 8.28. The maximum atomic E-state index is 6.15. The molecule has 1 aliphatic rings. The number of aromatic amines is 1. The molecule has 0 unspecified atom stereocenters. The number of benzene rings is 1. The van der Waals surface area contributed by atoms with Crippen LogP contribution in [0.2, 0.25) is 0 Å². The molecule has 2 atom stereocenters. The number of nitrogens with zero attached hydrogens (tertiary/aromatic N) is 5. The number of imidazole rings is 1. The van der Waals surface area contributed by atoms with Gasteiger partial charge in [-0.3, -0.25) is 0 Å². The molecule has 0 radical (unpaired) electrons. The van der Waals surface area contributed by atoms with Crippen molar-refractivity contribution in [1.82, 2.24) is 35.0 Å². The Morgan fingerprint density at radius 1 is 1.27 bits per heavy atom. The second-order valence-electron chi connectivity index (χ2n) is 7.09. The Morgan fingerprint density at radius 3 is 3.03 bits per heavy atom. The molecule has 154 valence electrons. The van der Waals surface area contributed by atoms with Crippen molar-refractivity contribution in [2.24, 2.45) is 0 Å². The number of aromatic nitrogens is 6. The highest BCUT2D eigenvalue weighted by Gasteiger charge is 2.28. The second-order valence-corrected chi connectivity index (χ2v) is 7.09. The Kier molecular flexibility index (Phi) is 5.55. The lowest BCUT2D eigenvalue weighted by Crippen LogP contribution is -2.25. The van der Waals surface area contributed by atoms with Crippen LogP contribution in [0, 0.1) is 11.8 Å². The van der Waals surface area contributed by atoms with Gasteiger partial charge < -0.3 is 20.8 Å². The molecule has 0 saturated carbocycles. The van der Waals surface area contributed by atoms with E-state index in [9.17, 15) is 0 Å². The number of ether oxygens (including phenoxy) is 1. The topological polar surface area (TPSA) is 120 Å². The summed E-state index contributed by atoms with van der Waals surface area (Å²) >= 11 is 0. The molecular formula is C20H21ClN8O.